The quantitative estimate of drug-likeness (QED) is 0.654. The molecule has 2 aliphatic heterocycles. The van der Waals surface area contributed by atoms with Gasteiger partial charge in [-0.2, -0.15) is 17.0 Å². The van der Waals surface area contributed by atoms with Crippen LogP contribution in [0.25, 0.3) is 0 Å². The molecule has 1 aliphatic carbocycles. The lowest BCUT2D eigenvalue weighted by molar-refractivity contribution is -0.148. The Morgan fingerprint density at radius 1 is 1.00 bits per heavy atom. The summed E-state index contributed by atoms with van der Waals surface area (Å²) in [5.74, 6) is 0.114. The Bertz CT molecular complexity index is 649. The molecule has 0 N–H and O–H groups in total. The van der Waals surface area contributed by atoms with Crippen molar-refractivity contribution >= 4 is 16.1 Å². The van der Waals surface area contributed by atoms with Crippen LogP contribution in [0.15, 0.2) is 0 Å². The van der Waals surface area contributed by atoms with Crippen molar-refractivity contribution in [3.8, 4) is 0 Å². The zero-order valence-electron chi connectivity index (χ0n) is 18.4. The summed E-state index contributed by atoms with van der Waals surface area (Å²) in [5.41, 5.74) is 0. The van der Waals surface area contributed by atoms with Crippen LogP contribution in [-0.4, -0.2) is 103 Å². The number of carbonyl (C=O) groups excluding carboxylic acids is 1. The highest BCUT2D eigenvalue weighted by molar-refractivity contribution is 7.86. The number of amides is 1. The van der Waals surface area contributed by atoms with Gasteiger partial charge in [0, 0.05) is 52.4 Å². The molecule has 3 unspecified atom stereocenters. The van der Waals surface area contributed by atoms with E-state index in [-0.39, 0.29) is 30.2 Å². The molecular formula is C20H38N4O4S. The molecule has 0 radical (unpaired) electrons. The molecule has 8 nitrogen and oxygen atoms in total. The molecule has 3 atom stereocenters. The Balaban J connectivity index is 1.54. The van der Waals surface area contributed by atoms with Gasteiger partial charge < -0.3 is 9.64 Å². The third-order valence-corrected chi connectivity index (χ3v) is 8.73. The van der Waals surface area contributed by atoms with E-state index >= 15 is 0 Å². The molecule has 9 heteroatoms. The van der Waals surface area contributed by atoms with Crippen LogP contribution < -0.4 is 0 Å². The third kappa shape index (κ3) is 5.31. The van der Waals surface area contributed by atoms with E-state index in [4.69, 9.17) is 4.74 Å². The minimum Gasteiger partial charge on any atom is -0.372 e. The van der Waals surface area contributed by atoms with Gasteiger partial charge in [-0.15, -0.1) is 0 Å². The first kappa shape index (κ1) is 22.9. The van der Waals surface area contributed by atoms with Crippen molar-refractivity contribution in [1.82, 2.24) is 18.4 Å². The van der Waals surface area contributed by atoms with Gasteiger partial charge in [-0.3, -0.25) is 9.69 Å². The molecule has 3 fully saturated rings. The molecule has 168 valence electrons. The highest BCUT2D eigenvalue weighted by Crippen LogP contribution is 2.25. The second kappa shape index (κ2) is 9.60. The zero-order valence-corrected chi connectivity index (χ0v) is 19.2. The van der Waals surface area contributed by atoms with Crippen molar-refractivity contribution < 1.29 is 17.9 Å². The van der Waals surface area contributed by atoms with Crippen LogP contribution in [0.2, 0.25) is 0 Å². The first-order valence-corrected chi connectivity index (χ1v) is 12.5. The van der Waals surface area contributed by atoms with Crippen LogP contribution >= 0.6 is 0 Å². The summed E-state index contributed by atoms with van der Waals surface area (Å²) in [7, 11) is -1.71. The van der Waals surface area contributed by atoms with Crippen LogP contribution in [0.4, 0.5) is 0 Å². The maximum Gasteiger partial charge on any atom is 0.282 e. The van der Waals surface area contributed by atoms with Gasteiger partial charge in [-0.05, 0) is 33.6 Å². The van der Waals surface area contributed by atoms with E-state index in [0.29, 0.717) is 39.3 Å². The molecule has 0 bridgehead atoms. The first-order chi connectivity index (χ1) is 13.7. The van der Waals surface area contributed by atoms with Crippen LogP contribution in [0, 0.1) is 0 Å². The lowest BCUT2D eigenvalue weighted by Gasteiger charge is -2.42. The summed E-state index contributed by atoms with van der Waals surface area (Å²) >= 11 is 0. The predicted octanol–water partition coefficient (Wildman–Crippen LogP) is 1.14. The number of ether oxygens (including phenoxy) is 1. The molecule has 3 aliphatic rings. The molecule has 2 heterocycles. The minimum absolute atomic E-state index is 0.0483. The summed E-state index contributed by atoms with van der Waals surface area (Å²) in [4.78, 5) is 17.0. The summed E-state index contributed by atoms with van der Waals surface area (Å²) in [5, 5.41) is 0. The van der Waals surface area contributed by atoms with Gasteiger partial charge >= 0.3 is 0 Å². The smallest absolute Gasteiger partial charge is 0.282 e. The number of hydrogen-bond donors (Lipinski definition) is 0. The zero-order chi connectivity index (χ0) is 21.2. The van der Waals surface area contributed by atoms with Gasteiger partial charge in [0.25, 0.3) is 10.2 Å². The molecule has 3 rings (SSSR count). The molecule has 0 spiro atoms. The monoisotopic (exact) mass is 430 g/mol. The van der Waals surface area contributed by atoms with Crippen LogP contribution in [0.3, 0.4) is 0 Å². The van der Waals surface area contributed by atoms with E-state index in [2.05, 4.69) is 4.90 Å². The summed E-state index contributed by atoms with van der Waals surface area (Å²) in [6, 6.07) is -0.119. The van der Waals surface area contributed by atoms with Crippen LogP contribution in [-0.2, 0) is 19.7 Å². The molecule has 29 heavy (non-hydrogen) atoms. The van der Waals surface area contributed by atoms with E-state index in [0.717, 1.165) is 25.7 Å². The maximum absolute atomic E-state index is 13.1. The number of rotatable bonds is 5. The summed E-state index contributed by atoms with van der Waals surface area (Å²) < 4.78 is 35.0. The predicted molar refractivity (Wildman–Crippen MR) is 113 cm³/mol. The number of nitrogens with zero attached hydrogens (tertiary/aromatic N) is 4. The van der Waals surface area contributed by atoms with Gasteiger partial charge in [0.05, 0.1) is 18.2 Å². The first-order valence-electron chi connectivity index (χ1n) is 11.1. The molecular weight excluding hydrogens is 392 g/mol. The van der Waals surface area contributed by atoms with Gasteiger partial charge in [0.15, 0.2) is 0 Å². The van der Waals surface area contributed by atoms with Crippen molar-refractivity contribution in [2.45, 2.75) is 77.2 Å². The normalized spacial score (nSPS) is 29.9. The highest BCUT2D eigenvalue weighted by atomic mass is 32.2. The summed E-state index contributed by atoms with van der Waals surface area (Å²) in [6.45, 7) is 9.20. The van der Waals surface area contributed by atoms with Crippen molar-refractivity contribution in [3.05, 3.63) is 0 Å². The number of carbonyl (C=O) groups is 1. The lowest BCUT2D eigenvalue weighted by atomic mass is 9.96. The molecule has 1 amide bonds. The number of hydrogen-bond acceptors (Lipinski definition) is 5. The van der Waals surface area contributed by atoms with E-state index in [1.54, 1.807) is 15.7 Å². The molecule has 2 saturated heterocycles. The Labute approximate surface area is 176 Å². The molecule has 1 saturated carbocycles. The van der Waals surface area contributed by atoms with E-state index in [1.807, 2.05) is 25.7 Å². The second-order valence-corrected chi connectivity index (χ2v) is 10.9. The number of piperazine rings is 1. The lowest BCUT2D eigenvalue weighted by Crippen LogP contribution is -2.59. The Morgan fingerprint density at radius 3 is 2.10 bits per heavy atom. The molecule has 0 aromatic rings. The van der Waals surface area contributed by atoms with Gasteiger partial charge in [-0.25, -0.2) is 0 Å². The fourth-order valence-electron chi connectivity index (χ4n) is 4.92. The van der Waals surface area contributed by atoms with Crippen molar-refractivity contribution in [2.75, 3.05) is 46.3 Å². The largest absolute Gasteiger partial charge is 0.372 e. The highest BCUT2D eigenvalue weighted by Gasteiger charge is 2.37. The van der Waals surface area contributed by atoms with Gasteiger partial charge in [-0.1, -0.05) is 19.3 Å². The Kier molecular flexibility index (Phi) is 7.59. The molecule has 0 aromatic carbocycles. The van der Waals surface area contributed by atoms with Gasteiger partial charge in [0.1, 0.15) is 0 Å². The number of morpholine rings is 1. The Morgan fingerprint density at radius 2 is 1.55 bits per heavy atom. The van der Waals surface area contributed by atoms with E-state index in [9.17, 15) is 13.2 Å². The summed E-state index contributed by atoms with van der Waals surface area (Å²) in [6.07, 6.45) is 5.43. The average molecular weight is 431 g/mol. The third-order valence-electron chi connectivity index (χ3n) is 6.69. The minimum atomic E-state index is -3.44. The molecule has 0 aromatic heterocycles. The van der Waals surface area contributed by atoms with Crippen molar-refractivity contribution in [2.24, 2.45) is 0 Å². The van der Waals surface area contributed by atoms with E-state index in [1.165, 1.54) is 6.42 Å². The second-order valence-electron chi connectivity index (χ2n) is 8.93. The van der Waals surface area contributed by atoms with Crippen molar-refractivity contribution in [1.29, 1.82) is 0 Å². The van der Waals surface area contributed by atoms with E-state index < -0.39 is 10.2 Å². The standard InChI is InChI=1S/C20H38N4O4S/c1-16-14-23(15-17(2)28-16)20(25)18(3)22-10-12-24(13-11-22)29(26,27)21(4)19-8-6-5-7-9-19/h16-19H,5-15H2,1-4H3. The SMILES string of the molecule is CC1CN(C(=O)C(C)N2CCN(S(=O)(=O)N(C)C3CCCCC3)CC2)CC(C)O1. The average Bonchev–Trinajstić information content (AvgIpc) is 2.72. The maximum atomic E-state index is 13.1. The topological polar surface area (TPSA) is 73.4 Å². The fraction of sp³-hybridized carbons (Fsp3) is 0.950. The van der Waals surface area contributed by atoms with Crippen LogP contribution in [0.1, 0.15) is 52.9 Å². The fourth-order valence-corrected chi connectivity index (χ4v) is 6.49. The van der Waals surface area contributed by atoms with Crippen molar-refractivity contribution in [3.63, 3.8) is 0 Å². The van der Waals surface area contributed by atoms with Gasteiger partial charge in [0.2, 0.25) is 5.91 Å². The Hall–Kier alpha value is -0.740. The van der Waals surface area contributed by atoms with Crippen LogP contribution in [0.5, 0.6) is 0 Å².